The van der Waals surface area contributed by atoms with Crippen molar-refractivity contribution >= 4 is 11.3 Å². The molecule has 0 fully saturated rings. The maximum Gasteiger partial charge on any atom is 0.170 e. The number of nitrogens with zero attached hydrogens (tertiary/aromatic N) is 1. The first-order valence-corrected chi connectivity index (χ1v) is 13.0. The standard InChI is InChI=1S/C27H35F2NOS/c1-3-5-7-8-9-10-12-13-20-15-17-22(27(29)26(20)28)24-19-23(30-31-24)25-18-16-21(32-25)14-11-6-4-2/h15-19H,3-14H2,1-2H3. The van der Waals surface area contributed by atoms with E-state index >= 15 is 0 Å². The van der Waals surface area contributed by atoms with Gasteiger partial charge in [-0.2, -0.15) is 0 Å². The number of halogens is 2. The van der Waals surface area contributed by atoms with Crippen molar-refractivity contribution in [2.75, 3.05) is 0 Å². The lowest BCUT2D eigenvalue weighted by molar-refractivity contribution is 0.429. The van der Waals surface area contributed by atoms with Crippen LogP contribution in [0.15, 0.2) is 34.9 Å². The number of benzene rings is 1. The first kappa shape index (κ1) is 24.6. The maximum absolute atomic E-state index is 14.8. The first-order valence-electron chi connectivity index (χ1n) is 12.2. The number of thiophene rings is 1. The van der Waals surface area contributed by atoms with Crippen LogP contribution in [-0.4, -0.2) is 5.16 Å². The topological polar surface area (TPSA) is 26.0 Å². The number of rotatable bonds is 14. The van der Waals surface area contributed by atoms with Crippen LogP contribution < -0.4 is 0 Å². The van der Waals surface area contributed by atoms with Crippen LogP contribution in [0.5, 0.6) is 0 Å². The van der Waals surface area contributed by atoms with Crippen LogP contribution in [0.2, 0.25) is 0 Å². The summed E-state index contributed by atoms with van der Waals surface area (Å²) in [6.07, 6.45) is 13.3. The highest BCUT2D eigenvalue weighted by Crippen LogP contribution is 2.33. The Labute approximate surface area is 195 Å². The number of hydrogen-bond donors (Lipinski definition) is 0. The minimum Gasteiger partial charge on any atom is -0.356 e. The summed E-state index contributed by atoms with van der Waals surface area (Å²) in [5, 5.41) is 4.10. The van der Waals surface area contributed by atoms with Crippen molar-refractivity contribution in [3.8, 4) is 21.9 Å². The second-order valence-corrected chi connectivity index (χ2v) is 9.74. The van der Waals surface area contributed by atoms with Gasteiger partial charge in [0.1, 0.15) is 5.69 Å². The molecule has 0 saturated carbocycles. The molecule has 0 aliphatic carbocycles. The van der Waals surface area contributed by atoms with Gasteiger partial charge >= 0.3 is 0 Å². The lowest BCUT2D eigenvalue weighted by Gasteiger charge is -2.07. The lowest BCUT2D eigenvalue weighted by atomic mass is 10.0. The molecule has 0 amide bonds. The molecule has 0 atom stereocenters. The molecule has 32 heavy (non-hydrogen) atoms. The minimum atomic E-state index is -0.848. The first-order chi connectivity index (χ1) is 15.6. The number of hydrogen-bond acceptors (Lipinski definition) is 3. The van der Waals surface area contributed by atoms with Gasteiger partial charge in [0, 0.05) is 10.9 Å². The smallest absolute Gasteiger partial charge is 0.170 e. The van der Waals surface area contributed by atoms with E-state index in [0.29, 0.717) is 17.7 Å². The Kier molecular flexibility index (Phi) is 9.91. The van der Waals surface area contributed by atoms with Crippen LogP contribution in [0.4, 0.5) is 8.78 Å². The summed E-state index contributed by atoms with van der Waals surface area (Å²) >= 11 is 1.68. The van der Waals surface area contributed by atoms with Crippen molar-refractivity contribution in [2.24, 2.45) is 0 Å². The molecule has 0 bridgehead atoms. The van der Waals surface area contributed by atoms with Crippen molar-refractivity contribution in [3.05, 3.63) is 52.4 Å². The van der Waals surface area contributed by atoms with Crippen LogP contribution in [0.25, 0.3) is 21.9 Å². The van der Waals surface area contributed by atoms with Crippen LogP contribution in [0, 0.1) is 11.6 Å². The fourth-order valence-electron chi connectivity index (χ4n) is 3.96. The number of aryl methyl sites for hydroxylation is 2. The van der Waals surface area contributed by atoms with Crippen molar-refractivity contribution in [2.45, 2.75) is 90.9 Å². The summed E-state index contributed by atoms with van der Waals surface area (Å²) in [5.41, 5.74) is 1.23. The summed E-state index contributed by atoms with van der Waals surface area (Å²) < 4.78 is 34.8. The molecule has 2 aromatic heterocycles. The Bertz CT molecular complexity index is 962. The Hall–Kier alpha value is -2.01. The Morgan fingerprint density at radius 3 is 2.25 bits per heavy atom. The van der Waals surface area contributed by atoms with Gasteiger partial charge in [-0.3, -0.25) is 0 Å². The fourth-order valence-corrected chi connectivity index (χ4v) is 4.96. The third-order valence-electron chi connectivity index (χ3n) is 5.93. The molecule has 174 valence electrons. The predicted molar refractivity (Wildman–Crippen MR) is 130 cm³/mol. The molecule has 0 spiro atoms. The maximum atomic E-state index is 14.8. The molecular weight excluding hydrogens is 424 g/mol. The highest BCUT2D eigenvalue weighted by atomic mass is 32.1. The predicted octanol–water partition coefficient (Wildman–Crippen LogP) is 9.37. The van der Waals surface area contributed by atoms with E-state index in [0.717, 1.165) is 30.6 Å². The number of aromatic nitrogens is 1. The van der Waals surface area contributed by atoms with E-state index in [2.05, 4.69) is 25.1 Å². The van der Waals surface area contributed by atoms with E-state index in [9.17, 15) is 8.78 Å². The summed E-state index contributed by atoms with van der Waals surface area (Å²) in [7, 11) is 0. The lowest BCUT2D eigenvalue weighted by Crippen LogP contribution is -1.97. The minimum absolute atomic E-state index is 0.129. The molecule has 0 unspecified atom stereocenters. The van der Waals surface area contributed by atoms with Crippen molar-refractivity contribution in [1.29, 1.82) is 0 Å². The van der Waals surface area contributed by atoms with Crippen molar-refractivity contribution in [3.63, 3.8) is 0 Å². The molecule has 2 heterocycles. The van der Waals surface area contributed by atoms with E-state index in [-0.39, 0.29) is 11.3 Å². The van der Waals surface area contributed by atoms with Gasteiger partial charge in [-0.1, -0.05) is 76.4 Å². The molecule has 2 nitrogen and oxygen atoms in total. The number of unbranched alkanes of at least 4 members (excludes halogenated alkanes) is 8. The largest absolute Gasteiger partial charge is 0.356 e. The summed E-state index contributed by atoms with van der Waals surface area (Å²) in [4.78, 5) is 2.30. The third kappa shape index (κ3) is 6.74. The zero-order chi connectivity index (χ0) is 22.8. The quantitative estimate of drug-likeness (QED) is 0.224. The zero-order valence-electron chi connectivity index (χ0n) is 19.4. The Morgan fingerprint density at radius 2 is 1.47 bits per heavy atom. The van der Waals surface area contributed by atoms with Crippen LogP contribution in [0.3, 0.4) is 0 Å². The molecule has 3 aromatic rings. The fraction of sp³-hybridized carbons (Fsp3) is 0.519. The van der Waals surface area contributed by atoms with Gasteiger partial charge in [0.25, 0.3) is 0 Å². The molecule has 0 radical (unpaired) electrons. The molecule has 3 rings (SSSR count). The van der Waals surface area contributed by atoms with Crippen molar-refractivity contribution < 1.29 is 13.3 Å². The summed E-state index contributed by atoms with van der Waals surface area (Å²) in [5.74, 6) is -1.35. The SMILES string of the molecule is CCCCCCCCCc1ccc(-c2cc(-c3ccc(CCCCC)s3)no2)c(F)c1F. The van der Waals surface area contributed by atoms with Gasteiger partial charge in [-0.05, 0) is 49.4 Å². The van der Waals surface area contributed by atoms with E-state index in [4.69, 9.17) is 4.52 Å². The highest BCUT2D eigenvalue weighted by molar-refractivity contribution is 7.15. The molecule has 5 heteroatoms. The summed E-state index contributed by atoms with van der Waals surface area (Å²) in [6, 6.07) is 9.14. The van der Waals surface area contributed by atoms with Crippen molar-refractivity contribution in [1.82, 2.24) is 5.16 Å². The van der Waals surface area contributed by atoms with Gasteiger partial charge in [-0.25, -0.2) is 8.78 Å². The van der Waals surface area contributed by atoms with Gasteiger partial charge in [0.2, 0.25) is 0 Å². The average Bonchev–Trinajstić information content (AvgIpc) is 3.46. The van der Waals surface area contributed by atoms with Crippen LogP contribution >= 0.6 is 11.3 Å². The second-order valence-electron chi connectivity index (χ2n) is 8.57. The van der Waals surface area contributed by atoms with Gasteiger partial charge in [0.15, 0.2) is 17.4 Å². The van der Waals surface area contributed by atoms with Gasteiger partial charge < -0.3 is 4.52 Å². The monoisotopic (exact) mass is 459 g/mol. The summed E-state index contributed by atoms with van der Waals surface area (Å²) in [6.45, 7) is 4.40. The van der Waals surface area contributed by atoms with E-state index in [1.54, 1.807) is 29.5 Å². The molecule has 0 saturated heterocycles. The zero-order valence-corrected chi connectivity index (χ0v) is 20.2. The molecule has 1 aromatic carbocycles. The molecule has 0 aliphatic rings. The van der Waals surface area contributed by atoms with E-state index < -0.39 is 11.6 Å². The molecule has 0 aliphatic heterocycles. The Morgan fingerprint density at radius 1 is 0.781 bits per heavy atom. The van der Waals surface area contributed by atoms with E-state index in [1.165, 1.54) is 49.8 Å². The van der Waals surface area contributed by atoms with Gasteiger partial charge in [0.05, 0.1) is 10.4 Å². The van der Waals surface area contributed by atoms with Crippen LogP contribution in [0.1, 0.15) is 88.5 Å². The normalized spacial score (nSPS) is 11.4. The average molecular weight is 460 g/mol. The second kappa shape index (κ2) is 12.9. The third-order valence-corrected chi connectivity index (χ3v) is 7.10. The molecular formula is C27H35F2NOS. The van der Waals surface area contributed by atoms with E-state index in [1.807, 2.05) is 6.07 Å². The highest BCUT2D eigenvalue weighted by Gasteiger charge is 2.19. The molecule has 0 N–H and O–H groups in total. The van der Waals surface area contributed by atoms with Crippen LogP contribution in [-0.2, 0) is 12.8 Å². The Balaban J connectivity index is 1.60. The van der Waals surface area contributed by atoms with Gasteiger partial charge in [-0.15, -0.1) is 11.3 Å².